The van der Waals surface area contributed by atoms with Gasteiger partial charge in [-0.15, -0.1) is 0 Å². The molecule has 2 heterocycles. The molecule has 25 heavy (non-hydrogen) atoms. The van der Waals surface area contributed by atoms with Crippen LogP contribution in [0.15, 0.2) is 47.4 Å². The first-order valence-electron chi connectivity index (χ1n) is 7.71. The molecular weight excluding hydrogens is 320 g/mol. The monoisotopic (exact) mass is 336 g/mol. The van der Waals surface area contributed by atoms with Crippen molar-refractivity contribution in [1.29, 1.82) is 0 Å². The minimum atomic E-state index is -0.202. The highest BCUT2D eigenvalue weighted by molar-refractivity contribution is 6.14. The number of aromatic hydroxyl groups is 1. The summed E-state index contributed by atoms with van der Waals surface area (Å²) in [5, 5.41) is 11.2. The molecule has 0 bridgehead atoms. The second kappa shape index (κ2) is 5.59. The molecule has 2 aromatic heterocycles. The van der Waals surface area contributed by atoms with E-state index in [9.17, 15) is 9.90 Å². The summed E-state index contributed by atoms with van der Waals surface area (Å²) in [6.45, 7) is 0. The molecule has 0 saturated heterocycles. The molecule has 4 aromatic rings. The minimum Gasteiger partial charge on any atom is -0.508 e. The molecule has 6 heteroatoms. The Morgan fingerprint density at radius 2 is 1.68 bits per heavy atom. The Balaban J connectivity index is 2.12. The Bertz CT molecular complexity index is 1140. The highest BCUT2D eigenvalue weighted by Crippen LogP contribution is 2.38. The second-order valence-electron chi connectivity index (χ2n) is 5.71. The largest absolute Gasteiger partial charge is 0.508 e. The van der Waals surface area contributed by atoms with Crippen molar-refractivity contribution in [2.45, 2.75) is 0 Å². The maximum Gasteiger partial charge on any atom is 0.272 e. The number of phenolic OH excluding ortho intramolecular Hbond substituents is 1. The van der Waals surface area contributed by atoms with Crippen molar-refractivity contribution < 1.29 is 14.6 Å². The van der Waals surface area contributed by atoms with E-state index in [-0.39, 0.29) is 11.3 Å². The average Bonchev–Trinajstić information content (AvgIpc) is 3.01. The standard InChI is InChI=1S/C19H16N2O4/c1-24-15-7-12-14(8-16(15)25-2)21-18-17(12)13(9-20-19(18)23)10-3-5-11(22)6-4-10/h3-9,21-22H,1-2H3,(H,20,23). The van der Waals surface area contributed by atoms with Gasteiger partial charge in [-0.2, -0.15) is 0 Å². The Hall–Kier alpha value is -3.41. The van der Waals surface area contributed by atoms with Gasteiger partial charge in [0.2, 0.25) is 0 Å². The Kier molecular flexibility index (Phi) is 3.39. The van der Waals surface area contributed by atoms with Crippen molar-refractivity contribution in [3.63, 3.8) is 0 Å². The van der Waals surface area contributed by atoms with E-state index >= 15 is 0 Å². The van der Waals surface area contributed by atoms with Crippen LogP contribution >= 0.6 is 0 Å². The van der Waals surface area contributed by atoms with Crippen LogP contribution in [0.25, 0.3) is 32.9 Å². The lowest BCUT2D eigenvalue weighted by atomic mass is 10.0. The van der Waals surface area contributed by atoms with E-state index in [1.807, 2.05) is 24.3 Å². The summed E-state index contributed by atoms with van der Waals surface area (Å²) in [5.74, 6) is 1.37. The number of hydrogen-bond acceptors (Lipinski definition) is 4. The van der Waals surface area contributed by atoms with Gasteiger partial charge in [0.25, 0.3) is 5.56 Å². The Morgan fingerprint density at radius 1 is 1.00 bits per heavy atom. The van der Waals surface area contributed by atoms with Gasteiger partial charge in [0, 0.05) is 28.6 Å². The first-order chi connectivity index (χ1) is 12.1. The molecule has 0 fully saturated rings. The molecule has 0 radical (unpaired) electrons. The van der Waals surface area contributed by atoms with Crippen LogP contribution in [-0.2, 0) is 0 Å². The highest BCUT2D eigenvalue weighted by atomic mass is 16.5. The summed E-state index contributed by atoms with van der Waals surface area (Å²) in [4.78, 5) is 18.2. The van der Waals surface area contributed by atoms with E-state index in [2.05, 4.69) is 9.97 Å². The minimum absolute atomic E-state index is 0.190. The molecule has 0 amide bonds. The van der Waals surface area contributed by atoms with Crippen LogP contribution in [-0.4, -0.2) is 29.3 Å². The van der Waals surface area contributed by atoms with Crippen molar-refractivity contribution >= 4 is 21.8 Å². The van der Waals surface area contributed by atoms with Crippen LogP contribution in [0.1, 0.15) is 0 Å². The quantitative estimate of drug-likeness (QED) is 0.535. The van der Waals surface area contributed by atoms with Gasteiger partial charge in [0.15, 0.2) is 11.5 Å². The zero-order chi connectivity index (χ0) is 17.6. The van der Waals surface area contributed by atoms with Crippen LogP contribution in [0.4, 0.5) is 0 Å². The van der Waals surface area contributed by atoms with Gasteiger partial charge in [-0.05, 0) is 23.8 Å². The van der Waals surface area contributed by atoms with E-state index in [1.54, 1.807) is 32.5 Å². The lowest BCUT2D eigenvalue weighted by molar-refractivity contribution is 0.356. The fourth-order valence-electron chi connectivity index (χ4n) is 3.12. The smallest absolute Gasteiger partial charge is 0.272 e. The zero-order valence-electron chi connectivity index (χ0n) is 13.7. The number of methoxy groups -OCH3 is 2. The van der Waals surface area contributed by atoms with Gasteiger partial charge >= 0.3 is 0 Å². The van der Waals surface area contributed by atoms with Gasteiger partial charge < -0.3 is 24.5 Å². The molecule has 4 rings (SSSR count). The number of aromatic nitrogens is 2. The maximum atomic E-state index is 12.3. The summed E-state index contributed by atoms with van der Waals surface area (Å²) in [6, 6.07) is 10.5. The molecule has 0 saturated carbocycles. The van der Waals surface area contributed by atoms with Gasteiger partial charge in [0.1, 0.15) is 11.3 Å². The summed E-state index contributed by atoms with van der Waals surface area (Å²) in [5.41, 5.74) is 2.80. The Morgan fingerprint density at radius 3 is 2.36 bits per heavy atom. The van der Waals surface area contributed by atoms with Gasteiger partial charge in [-0.25, -0.2) is 0 Å². The molecule has 126 valence electrons. The predicted octanol–water partition coefficient (Wildman–Crippen LogP) is 3.40. The van der Waals surface area contributed by atoms with Crippen molar-refractivity contribution in [3.05, 3.63) is 52.9 Å². The number of benzene rings is 2. The summed E-state index contributed by atoms with van der Waals surface area (Å²) in [6.07, 6.45) is 1.68. The van der Waals surface area contributed by atoms with E-state index in [4.69, 9.17) is 9.47 Å². The number of pyridine rings is 1. The molecule has 3 N–H and O–H groups in total. The number of nitrogens with one attached hydrogen (secondary N) is 2. The van der Waals surface area contributed by atoms with Crippen LogP contribution in [0.3, 0.4) is 0 Å². The van der Waals surface area contributed by atoms with Crippen molar-refractivity contribution in [1.82, 2.24) is 9.97 Å². The SMILES string of the molecule is COc1cc2[nH]c3c(=O)[nH]cc(-c4ccc(O)cc4)c3c2cc1OC. The molecule has 2 aromatic carbocycles. The third kappa shape index (κ3) is 2.30. The number of phenols is 1. The van der Waals surface area contributed by atoms with E-state index < -0.39 is 0 Å². The number of aromatic amines is 2. The topological polar surface area (TPSA) is 87.3 Å². The molecule has 0 aliphatic carbocycles. The summed E-state index contributed by atoms with van der Waals surface area (Å²) < 4.78 is 10.7. The fourth-order valence-corrected chi connectivity index (χ4v) is 3.12. The number of hydrogen-bond donors (Lipinski definition) is 3. The predicted molar refractivity (Wildman–Crippen MR) is 96.6 cm³/mol. The van der Waals surface area contributed by atoms with Crippen LogP contribution < -0.4 is 15.0 Å². The maximum absolute atomic E-state index is 12.3. The van der Waals surface area contributed by atoms with Crippen molar-refractivity contribution in [2.75, 3.05) is 14.2 Å². The number of rotatable bonds is 3. The van der Waals surface area contributed by atoms with Gasteiger partial charge in [0.05, 0.1) is 19.7 Å². The third-order valence-corrected chi connectivity index (χ3v) is 4.33. The molecule has 0 aliphatic rings. The first kappa shape index (κ1) is 15.1. The molecule has 0 spiro atoms. The molecule has 0 aliphatic heterocycles. The summed E-state index contributed by atoms with van der Waals surface area (Å²) in [7, 11) is 3.15. The number of H-pyrrole nitrogens is 2. The number of ether oxygens (including phenoxy) is 2. The fraction of sp³-hybridized carbons (Fsp3) is 0.105. The molecular formula is C19H16N2O4. The first-order valence-corrected chi connectivity index (χ1v) is 7.71. The molecule has 6 nitrogen and oxygen atoms in total. The van der Waals surface area contributed by atoms with Crippen molar-refractivity contribution in [2.24, 2.45) is 0 Å². The molecule has 0 unspecified atom stereocenters. The summed E-state index contributed by atoms with van der Waals surface area (Å²) >= 11 is 0. The van der Waals surface area contributed by atoms with Gasteiger partial charge in [-0.3, -0.25) is 4.79 Å². The van der Waals surface area contributed by atoms with E-state index in [1.165, 1.54) is 0 Å². The van der Waals surface area contributed by atoms with Crippen molar-refractivity contribution in [3.8, 4) is 28.4 Å². The zero-order valence-corrected chi connectivity index (χ0v) is 13.7. The Labute approximate surface area is 142 Å². The lowest BCUT2D eigenvalue weighted by Gasteiger charge is -2.08. The van der Waals surface area contributed by atoms with E-state index in [0.717, 1.165) is 27.4 Å². The van der Waals surface area contributed by atoms with Crippen LogP contribution in [0.2, 0.25) is 0 Å². The van der Waals surface area contributed by atoms with E-state index in [0.29, 0.717) is 17.0 Å². The molecule has 0 atom stereocenters. The van der Waals surface area contributed by atoms with Crippen LogP contribution in [0.5, 0.6) is 17.2 Å². The second-order valence-corrected chi connectivity index (χ2v) is 5.71. The average molecular weight is 336 g/mol. The van der Waals surface area contributed by atoms with Crippen LogP contribution in [0, 0.1) is 0 Å². The highest BCUT2D eigenvalue weighted by Gasteiger charge is 2.16. The van der Waals surface area contributed by atoms with Gasteiger partial charge in [-0.1, -0.05) is 12.1 Å². The number of fused-ring (bicyclic) bond motifs is 3. The lowest BCUT2D eigenvalue weighted by Crippen LogP contribution is -2.05. The third-order valence-electron chi connectivity index (χ3n) is 4.33. The normalized spacial score (nSPS) is 11.1.